The summed E-state index contributed by atoms with van der Waals surface area (Å²) in [6.45, 7) is 1.88. The van der Waals surface area contributed by atoms with Gasteiger partial charge in [-0.3, -0.25) is 0 Å². The van der Waals surface area contributed by atoms with Crippen molar-refractivity contribution in [3.63, 3.8) is 0 Å². The molecule has 1 N–H and O–H groups in total. The van der Waals surface area contributed by atoms with Gasteiger partial charge in [-0.05, 0) is 51.3 Å². The molecule has 0 radical (unpaired) electrons. The van der Waals surface area contributed by atoms with Crippen molar-refractivity contribution < 1.29 is 0 Å². The lowest BCUT2D eigenvalue weighted by molar-refractivity contribution is 0.405. The van der Waals surface area contributed by atoms with E-state index < -0.39 is 0 Å². The second-order valence-electron chi connectivity index (χ2n) is 6.48. The quantitative estimate of drug-likeness (QED) is 0.519. The average molecular weight is 363 g/mol. The molecular formula is C20H21N5S. The Balaban J connectivity index is 1.74. The molecule has 0 saturated carbocycles. The van der Waals surface area contributed by atoms with Gasteiger partial charge in [-0.2, -0.15) is 0 Å². The van der Waals surface area contributed by atoms with Gasteiger partial charge in [-0.25, -0.2) is 15.0 Å². The van der Waals surface area contributed by atoms with Crippen LogP contribution in [-0.2, 0) is 0 Å². The maximum Gasteiger partial charge on any atom is 0.155 e. The van der Waals surface area contributed by atoms with Crippen LogP contribution in [0, 0.1) is 0 Å². The molecule has 0 bridgehead atoms. The van der Waals surface area contributed by atoms with Crippen LogP contribution in [0.2, 0.25) is 0 Å². The van der Waals surface area contributed by atoms with Crippen LogP contribution in [0.4, 0.5) is 5.82 Å². The van der Waals surface area contributed by atoms with Gasteiger partial charge in [-0.1, -0.05) is 24.3 Å². The Bertz CT molecular complexity index is 1010. The summed E-state index contributed by atoms with van der Waals surface area (Å²) >= 11 is 1.66. The molecule has 6 heteroatoms. The third kappa shape index (κ3) is 3.52. The van der Waals surface area contributed by atoms with Gasteiger partial charge in [0.2, 0.25) is 0 Å². The second-order valence-corrected chi connectivity index (χ2v) is 7.51. The molecule has 0 aliphatic rings. The van der Waals surface area contributed by atoms with E-state index in [1.165, 1.54) is 0 Å². The zero-order valence-corrected chi connectivity index (χ0v) is 15.8. The van der Waals surface area contributed by atoms with Gasteiger partial charge >= 0.3 is 0 Å². The fraction of sp³-hybridized carbons (Fsp3) is 0.250. The van der Waals surface area contributed by atoms with Crippen LogP contribution in [0.3, 0.4) is 0 Å². The average Bonchev–Trinajstić information content (AvgIpc) is 3.08. The van der Waals surface area contributed by atoms with Gasteiger partial charge in [0.05, 0.1) is 21.3 Å². The van der Waals surface area contributed by atoms with Gasteiger partial charge in [0.15, 0.2) is 5.82 Å². The maximum absolute atomic E-state index is 4.87. The number of aromatic nitrogens is 3. The topological polar surface area (TPSA) is 53.9 Å². The monoisotopic (exact) mass is 363 g/mol. The molecule has 0 fully saturated rings. The third-order valence-electron chi connectivity index (χ3n) is 4.14. The lowest BCUT2D eigenvalue weighted by Gasteiger charge is -2.12. The summed E-state index contributed by atoms with van der Waals surface area (Å²) in [5, 5.41) is 4.37. The predicted molar refractivity (Wildman–Crippen MR) is 110 cm³/mol. The highest BCUT2D eigenvalue weighted by Crippen LogP contribution is 2.33. The number of anilines is 1. The Kier molecular flexibility index (Phi) is 4.77. The highest BCUT2D eigenvalue weighted by atomic mass is 32.1. The van der Waals surface area contributed by atoms with Crippen molar-refractivity contribution in [3.8, 4) is 10.7 Å². The van der Waals surface area contributed by atoms with Crippen LogP contribution in [0.25, 0.3) is 32.0 Å². The number of hydrogen-bond acceptors (Lipinski definition) is 6. The van der Waals surface area contributed by atoms with Crippen molar-refractivity contribution in [2.45, 2.75) is 6.42 Å². The van der Waals surface area contributed by atoms with E-state index in [1.807, 2.05) is 42.5 Å². The summed E-state index contributed by atoms with van der Waals surface area (Å²) in [4.78, 5) is 16.6. The van der Waals surface area contributed by atoms with Crippen LogP contribution >= 0.6 is 11.3 Å². The van der Waals surface area contributed by atoms with Crippen molar-refractivity contribution in [3.05, 3.63) is 48.5 Å². The number of thiazole rings is 1. The van der Waals surface area contributed by atoms with E-state index in [9.17, 15) is 0 Å². The molecule has 0 amide bonds. The fourth-order valence-corrected chi connectivity index (χ4v) is 3.80. The molecule has 0 aliphatic heterocycles. The Morgan fingerprint density at radius 2 is 1.58 bits per heavy atom. The zero-order chi connectivity index (χ0) is 17.9. The minimum absolute atomic E-state index is 0.807. The van der Waals surface area contributed by atoms with E-state index in [0.717, 1.165) is 57.3 Å². The SMILES string of the molecule is CN(C)CCCNc1nc2ccccc2nc1-c1nc2ccccc2s1. The molecule has 132 valence electrons. The molecule has 2 aromatic heterocycles. The van der Waals surface area contributed by atoms with Crippen LogP contribution in [-0.4, -0.2) is 47.0 Å². The molecule has 0 spiro atoms. The lowest BCUT2D eigenvalue weighted by Crippen LogP contribution is -2.17. The van der Waals surface area contributed by atoms with Gasteiger partial charge in [0.1, 0.15) is 10.7 Å². The largest absolute Gasteiger partial charge is 0.368 e. The Labute approximate surface area is 156 Å². The number of hydrogen-bond donors (Lipinski definition) is 1. The molecule has 4 aromatic rings. The van der Waals surface area contributed by atoms with Crippen LogP contribution in [0.15, 0.2) is 48.5 Å². The molecule has 2 heterocycles. The van der Waals surface area contributed by atoms with Crippen LogP contribution in [0.5, 0.6) is 0 Å². The standard InChI is InChI=1S/C20H21N5S/c1-25(2)13-7-12-21-19-18(22-14-8-3-4-9-15(14)23-19)20-24-16-10-5-6-11-17(16)26-20/h3-6,8-11H,7,12-13H2,1-2H3,(H,21,23). The van der Waals surface area contributed by atoms with E-state index in [1.54, 1.807) is 11.3 Å². The van der Waals surface area contributed by atoms with E-state index in [2.05, 4.69) is 30.4 Å². The van der Waals surface area contributed by atoms with Crippen molar-refractivity contribution in [2.75, 3.05) is 32.5 Å². The first-order chi connectivity index (χ1) is 12.7. The second kappa shape index (κ2) is 7.35. The number of rotatable bonds is 6. The minimum Gasteiger partial charge on any atom is -0.368 e. The molecule has 0 saturated heterocycles. The van der Waals surface area contributed by atoms with Crippen molar-refractivity contribution in [2.24, 2.45) is 0 Å². The third-order valence-corrected chi connectivity index (χ3v) is 5.18. The van der Waals surface area contributed by atoms with E-state index in [0.29, 0.717) is 0 Å². The van der Waals surface area contributed by atoms with E-state index >= 15 is 0 Å². The van der Waals surface area contributed by atoms with Gasteiger partial charge in [0.25, 0.3) is 0 Å². The number of benzene rings is 2. The van der Waals surface area contributed by atoms with E-state index in [4.69, 9.17) is 15.0 Å². The summed E-state index contributed by atoms with van der Waals surface area (Å²) in [6, 6.07) is 16.1. The van der Waals surface area contributed by atoms with Gasteiger partial charge in [-0.15, -0.1) is 11.3 Å². The first-order valence-electron chi connectivity index (χ1n) is 8.72. The number of nitrogens with one attached hydrogen (secondary N) is 1. The summed E-state index contributed by atoms with van der Waals surface area (Å²) < 4.78 is 1.16. The summed E-state index contributed by atoms with van der Waals surface area (Å²) in [6.07, 6.45) is 1.04. The molecule has 0 unspecified atom stereocenters. The Morgan fingerprint density at radius 3 is 2.31 bits per heavy atom. The number of fused-ring (bicyclic) bond motifs is 2. The molecule has 0 atom stereocenters. The summed E-state index contributed by atoms with van der Waals surface area (Å²) in [7, 11) is 4.17. The highest BCUT2D eigenvalue weighted by molar-refractivity contribution is 7.21. The normalized spacial score (nSPS) is 11.5. The Hall–Kier alpha value is -2.57. The predicted octanol–water partition coefficient (Wildman–Crippen LogP) is 4.27. The van der Waals surface area contributed by atoms with E-state index in [-0.39, 0.29) is 0 Å². The molecule has 2 aromatic carbocycles. The summed E-state index contributed by atoms with van der Waals surface area (Å²) in [5.74, 6) is 0.807. The number of nitrogens with zero attached hydrogens (tertiary/aromatic N) is 4. The molecular weight excluding hydrogens is 342 g/mol. The molecule has 0 aliphatic carbocycles. The molecule has 4 rings (SSSR count). The molecule has 26 heavy (non-hydrogen) atoms. The first-order valence-corrected chi connectivity index (χ1v) is 9.54. The number of para-hydroxylation sites is 3. The summed E-state index contributed by atoms with van der Waals surface area (Å²) in [5.41, 5.74) is 3.61. The smallest absolute Gasteiger partial charge is 0.155 e. The molecule has 5 nitrogen and oxygen atoms in total. The maximum atomic E-state index is 4.87. The Morgan fingerprint density at radius 1 is 0.885 bits per heavy atom. The van der Waals surface area contributed by atoms with Crippen molar-refractivity contribution >= 4 is 38.4 Å². The van der Waals surface area contributed by atoms with Crippen LogP contribution in [0.1, 0.15) is 6.42 Å². The zero-order valence-electron chi connectivity index (χ0n) is 14.9. The first kappa shape index (κ1) is 16.9. The van der Waals surface area contributed by atoms with Gasteiger partial charge < -0.3 is 10.2 Å². The van der Waals surface area contributed by atoms with Crippen molar-refractivity contribution in [1.82, 2.24) is 19.9 Å². The highest BCUT2D eigenvalue weighted by Gasteiger charge is 2.15. The minimum atomic E-state index is 0.807. The van der Waals surface area contributed by atoms with Crippen molar-refractivity contribution in [1.29, 1.82) is 0 Å². The fourth-order valence-electron chi connectivity index (χ4n) is 2.85. The van der Waals surface area contributed by atoms with Gasteiger partial charge in [0, 0.05) is 6.54 Å². The van der Waals surface area contributed by atoms with Crippen LogP contribution < -0.4 is 5.32 Å². The lowest BCUT2D eigenvalue weighted by atomic mass is 10.2.